The van der Waals surface area contributed by atoms with E-state index in [1.54, 1.807) is 0 Å². The van der Waals surface area contributed by atoms with Crippen molar-refractivity contribution in [2.24, 2.45) is 24.8 Å². The highest BCUT2D eigenvalue weighted by Crippen LogP contribution is 2.35. The van der Waals surface area contributed by atoms with Crippen LogP contribution in [0.5, 0.6) is 0 Å². The Morgan fingerprint density at radius 3 is 2.83 bits per heavy atom. The van der Waals surface area contributed by atoms with Crippen LogP contribution in [0, 0.1) is 17.8 Å². The minimum atomic E-state index is -0.124. The van der Waals surface area contributed by atoms with Crippen LogP contribution in [-0.4, -0.2) is 16.6 Å². The van der Waals surface area contributed by atoms with Crippen molar-refractivity contribution in [3.63, 3.8) is 0 Å². The van der Waals surface area contributed by atoms with Crippen LogP contribution < -0.4 is 4.57 Å². The quantitative estimate of drug-likeness (QED) is 0.636. The highest BCUT2D eigenvalue weighted by atomic mass is 16.5. The van der Waals surface area contributed by atoms with Crippen molar-refractivity contribution in [2.45, 2.75) is 52.7 Å². The third-order valence-corrected chi connectivity index (χ3v) is 5.43. The van der Waals surface area contributed by atoms with Gasteiger partial charge in [0, 0.05) is 0 Å². The van der Waals surface area contributed by atoms with Gasteiger partial charge in [-0.1, -0.05) is 39.3 Å². The number of ether oxygens (including phenoxy) is 1. The predicted molar refractivity (Wildman–Crippen MR) is 94.3 cm³/mol. The average Bonchev–Trinajstić information content (AvgIpc) is 2.83. The SMILES string of the molecule is CC(C)[C@H]1CC[C@H](C)C[C@H]1OC(=O)Cn1c[n+](C)c2ccccc21. The van der Waals surface area contributed by atoms with Gasteiger partial charge in [0.15, 0.2) is 17.6 Å². The van der Waals surface area contributed by atoms with Crippen LogP contribution in [0.25, 0.3) is 11.0 Å². The summed E-state index contributed by atoms with van der Waals surface area (Å²) >= 11 is 0. The van der Waals surface area contributed by atoms with Gasteiger partial charge in [-0.3, -0.25) is 0 Å². The fourth-order valence-corrected chi connectivity index (χ4v) is 4.06. The zero-order chi connectivity index (χ0) is 17.3. The number of aryl methyl sites for hydroxylation is 1. The number of nitrogens with zero attached hydrogens (tertiary/aromatic N) is 2. The first-order valence-corrected chi connectivity index (χ1v) is 9.08. The smallest absolute Gasteiger partial charge is 0.348 e. The van der Waals surface area contributed by atoms with E-state index in [0.29, 0.717) is 17.8 Å². The fourth-order valence-electron chi connectivity index (χ4n) is 4.06. The summed E-state index contributed by atoms with van der Waals surface area (Å²) in [6.07, 6.45) is 5.44. The van der Waals surface area contributed by atoms with Crippen LogP contribution in [0.15, 0.2) is 30.6 Å². The maximum Gasteiger partial charge on any atom is 0.348 e. The van der Waals surface area contributed by atoms with Crippen molar-refractivity contribution >= 4 is 17.0 Å². The number of para-hydroxylation sites is 2. The topological polar surface area (TPSA) is 35.1 Å². The highest BCUT2D eigenvalue weighted by Gasteiger charge is 2.33. The van der Waals surface area contributed by atoms with E-state index in [2.05, 4.69) is 26.8 Å². The zero-order valence-corrected chi connectivity index (χ0v) is 15.2. The van der Waals surface area contributed by atoms with Gasteiger partial charge in [-0.25, -0.2) is 13.9 Å². The second-order valence-electron chi connectivity index (χ2n) is 7.70. The Bertz CT molecular complexity index is 719. The van der Waals surface area contributed by atoms with Crippen molar-refractivity contribution in [2.75, 3.05) is 0 Å². The summed E-state index contributed by atoms with van der Waals surface area (Å²) < 4.78 is 9.95. The summed E-state index contributed by atoms with van der Waals surface area (Å²) in [4.78, 5) is 12.6. The van der Waals surface area contributed by atoms with Crippen molar-refractivity contribution in [1.82, 2.24) is 4.57 Å². The third kappa shape index (κ3) is 3.47. The number of imidazole rings is 1. The van der Waals surface area contributed by atoms with Gasteiger partial charge in [-0.15, -0.1) is 0 Å². The molecule has 1 aromatic heterocycles. The second kappa shape index (κ2) is 6.96. The lowest BCUT2D eigenvalue weighted by Gasteiger charge is -2.36. The van der Waals surface area contributed by atoms with Crippen LogP contribution in [0.1, 0.15) is 40.0 Å². The van der Waals surface area contributed by atoms with Gasteiger partial charge in [0.1, 0.15) is 6.10 Å². The van der Waals surface area contributed by atoms with Crippen molar-refractivity contribution in [3.05, 3.63) is 30.6 Å². The molecule has 2 aromatic rings. The van der Waals surface area contributed by atoms with Crippen LogP contribution in [0.4, 0.5) is 0 Å². The number of esters is 1. The number of hydrogen-bond acceptors (Lipinski definition) is 2. The van der Waals surface area contributed by atoms with E-state index in [1.165, 1.54) is 6.42 Å². The molecule has 1 saturated carbocycles. The summed E-state index contributed by atoms with van der Waals surface area (Å²) in [7, 11) is 2.00. The summed E-state index contributed by atoms with van der Waals surface area (Å²) in [5.41, 5.74) is 2.19. The maximum atomic E-state index is 12.6. The molecule has 1 aromatic carbocycles. The molecule has 0 aliphatic heterocycles. The van der Waals surface area contributed by atoms with Crippen molar-refractivity contribution in [3.8, 4) is 0 Å². The Hall–Kier alpha value is -1.84. The Balaban J connectivity index is 1.72. The van der Waals surface area contributed by atoms with Crippen molar-refractivity contribution in [1.29, 1.82) is 0 Å². The molecule has 1 heterocycles. The number of rotatable bonds is 4. The Morgan fingerprint density at radius 2 is 2.08 bits per heavy atom. The molecule has 1 fully saturated rings. The molecule has 1 aliphatic carbocycles. The van der Waals surface area contributed by atoms with E-state index >= 15 is 0 Å². The number of aromatic nitrogens is 2. The molecule has 3 atom stereocenters. The van der Waals surface area contributed by atoms with Gasteiger partial charge in [0.2, 0.25) is 6.33 Å². The maximum absolute atomic E-state index is 12.6. The summed E-state index contributed by atoms with van der Waals surface area (Å²) in [5.74, 6) is 1.56. The lowest BCUT2D eigenvalue weighted by Crippen LogP contribution is -2.36. The van der Waals surface area contributed by atoms with Crippen LogP contribution in [0.2, 0.25) is 0 Å². The molecule has 4 heteroatoms. The third-order valence-electron chi connectivity index (χ3n) is 5.43. The van der Waals surface area contributed by atoms with Crippen molar-refractivity contribution < 1.29 is 14.1 Å². The molecule has 0 spiro atoms. The Morgan fingerprint density at radius 1 is 1.33 bits per heavy atom. The van der Waals surface area contributed by atoms with Gasteiger partial charge >= 0.3 is 5.97 Å². The van der Waals surface area contributed by atoms with Gasteiger partial charge in [0.05, 0.1) is 7.05 Å². The molecule has 0 N–H and O–H groups in total. The number of carbonyl (C=O) groups excluding carboxylic acids is 1. The number of benzene rings is 1. The number of hydrogen-bond donors (Lipinski definition) is 0. The lowest BCUT2D eigenvalue weighted by atomic mass is 9.75. The largest absolute Gasteiger partial charge is 0.459 e. The summed E-state index contributed by atoms with van der Waals surface area (Å²) in [5, 5.41) is 0. The van der Waals surface area contributed by atoms with E-state index < -0.39 is 0 Å². The first kappa shape index (κ1) is 17.0. The zero-order valence-electron chi connectivity index (χ0n) is 15.2. The predicted octanol–water partition coefficient (Wildman–Crippen LogP) is 3.47. The first-order chi connectivity index (χ1) is 11.5. The molecule has 130 valence electrons. The Kier molecular flexibility index (Phi) is 4.93. The summed E-state index contributed by atoms with van der Waals surface area (Å²) in [6.45, 7) is 7.01. The van der Waals surface area contributed by atoms with E-state index in [-0.39, 0.29) is 18.6 Å². The van der Waals surface area contributed by atoms with E-state index in [4.69, 9.17) is 4.74 Å². The van der Waals surface area contributed by atoms with Gasteiger partial charge in [0.25, 0.3) is 0 Å². The van der Waals surface area contributed by atoms with Gasteiger partial charge in [-0.2, -0.15) is 0 Å². The molecule has 0 radical (unpaired) electrons. The molecule has 24 heavy (non-hydrogen) atoms. The molecule has 0 bridgehead atoms. The minimum Gasteiger partial charge on any atom is -0.459 e. The molecule has 1 aliphatic rings. The van der Waals surface area contributed by atoms with Crippen LogP contribution in [-0.2, 0) is 23.1 Å². The van der Waals surface area contributed by atoms with Crippen LogP contribution in [0.3, 0.4) is 0 Å². The Labute approximate surface area is 144 Å². The molecule has 3 rings (SSSR count). The first-order valence-electron chi connectivity index (χ1n) is 9.08. The van der Waals surface area contributed by atoms with E-state index in [1.807, 2.05) is 40.7 Å². The molecular weight excluding hydrogens is 300 g/mol. The molecule has 0 unspecified atom stereocenters. The molecule has 0 amide bonds. The van der Waals surface area contributed by atoms with Gasteiger partial charge in [-0.05, 0) is 42.7 Å². The average molecular weight is 329 g/mol. The number of carbonyl (C=O) groups is 1. The standard InChI is InChI=1S/C20H29N2O2/c1-14(2)16-10-9-15(3)11-19(16)24-20(23)12-22-13-21(4)17-7-5-6-8-18(17)22/h5-8,13-16,19H,9-12H2,1-4H3/q+1/t15-,16+,19+/m0/s1. The van der Waals surface area contributed by atoms with E-state index in [9.17, 15) is 4.79 Å². The minimum absolute atomic E-state index is 0.0665. The highest BCUT2D eigenvalue weighted by molar-refractivity contribution is 5.75. The van der Waals surface area contributed by atoms with E-state index in [0.717, 1.165) is 23.9 Å². The molecule has 4 nitrogen and oxygen atoms in total. The monoisotopic (exact) mass is 329 g/mol. The molecular formula is C20H29N2O2+. The fraction of sp³-hybridized carbons (Fsp3) is 0.600. The second-order valence-corrected chi connectivity index (χ2v) is 7.70. The molecule has 0 saturated heterocycles. The number of fused-ring (bicyclic) bond motifs is 1. The normalized spacial score (nSPS) is 24.5. The summed E-state index contributed by atoms with van der Waals surface area (Å²) in [6, 6.07) is 8.13. The lowest BCUT2D eigenvalue weighted by molar-refractivity contribution is -0.645. The van der Waals surface area contributed by atoms with Crippen LogP contribution >= 0.6 is 0 Å². The van der Waals surface area contributed by atoms with Gasteiger partial charge < -0.3 is 4.74 Å².